The van der Waals surface area contributed by atoms with Gasteiger partial charge < -0.3 is 4.52 Å². The van der Waals surface area contributed by atoms with E-state index in [-0.39, 0.29) is 0 Å². The molecule has 3 heterocycles. The van der Waals surface area contributed by atoms with Crippen molar-refractivity contribution in [2.75, 3.05) is 6.54 Å². The number of nitrogens with one attached hydrogen (secondary N) is 1. The average Bonchev–Trinajstić information content (AvgIpc) is 3.42. The van der Waals surface area contributed by atoms with E-state index in [1.54, 1.807) is 0 Å². The second-order valence-corrected chi connectivity index (χ2v) is 7.02. The summed E-state index contributed by atoms with van der Waals surface area (Å²) in [6, 6.07) is 11.2. The summed E-state index contributed by atoms with van der Waals surface area (Å²) in [7, 11) is 0. The number of hydrogen-bond acceptors (Lipinski definition) is 4. The molecule has 1 aromatic carbocycles. The van der Waals surface area contributed by atoms with Crippen LogP contribution in [0.3, 0.4) is 0 Å². The first-order chi connectivity index (χ1) is 12.8. The maximum Gasteiger partial charge on any atom is 0.154 e. The van der Waals surface area contributed by atoms with Gasteiger partial charge in [-0.2, -0.15) is 5.10 Å². The van der Waals surface area contributed by atoms with Gasteiger partial charge in [0, 0.05) is 18.2 Å². The normalized spacial score (nSPS) is 17.8. The van der Waals surface area contributed by atoms with Crippen LogP contribution in [0, 0.1) is 0 Å². The fraction of sp³-hybridized carbons (Fsp3) is 0.429. The molecule has 4 rings (SSSR count). The van der Waals surface area contributed by atoms with Crippen LogP contribution in [0.2, 0.25) is 0 Å². The number of aromatic amines is 1. The van der Waals surface area contributed by atoms with Gasteiger partial charge in [-0.05, 0) is 43.4 Å². The molecule has 0 aliphatic carbocycles. The number of aryl methyl sites for hydroxylation is 2. The molecule has 1 fully saturated rings. The summed E-state index contributed by atoms with van der Waals surface area (Å²) in [5.74, 6) is 0.997. The van der Waals surface area contributed by atoms with Gasteiger partial charge in [-0.3, -0.25) is 10.00 Å². The molecule has 1 aliphatic rings. The molecule has 136 valence electrons. The van der Waals surface area contributed by atoms with Crippen LogP contribution in [0.15, 0.2) is 41.1 Å². The van der Waals surface area contributed by atoms with Gasteiger partial charge in [-0.15, -0.1) is 0 Å². The molecule has 1 unspecified atom stereocenters. The van der Waals surface area contributed by atoms with Crippen molar-refractivity contribution in [3.8, 4) is 11.3 Å². The van der Waals surface area contributed by atoms with E-state index in [9.17, 15) is 0 Å². The monoisotopic (exact) mass is 350 g/mol. The summed E-state index contributed by atoms with van der Waals surface area (Å²) in [6.07, 6.45) is 6.23. The van der Waals surface area contributed by atoms with Crippen molar-refractivity contribution in [3.63, 3.8) is 0 Å². The van der Waals surface area contributed by atoms with E-state index in [0.717, 1.165) is 49.5 Å². The molecule has 2 aromatic heterocycles. The van der Waals surface area contributed by atoms with Crippen molar-refractivity contribution in [1.29, 1.82) is 0 Å². The molecule has 5 nitrogen and oxygen atoms in total. The lowest BCUT2D eigenvalue weighted by Crippen LogP contribution is -2.22. The Kier molecular flexibility index (Phi) is 4.89. The Morgan fingerprint density at radius 3 is 2.77 bits per heavy atom. The summed E-state index contributed by atoms with van der Waals surface area (Å²) in [4.78, 5) is 2.48. The van der Waals surface area contributed by atoms with E-state index in [1.165, 1.54) is 23.1 Å². The van der Waals surface area contributed by atoms with E-state index in [4.69, 9.17) is 4.52 Å². The van der Waals surface area contributed by atoms with E-state index < -0.39 is 0 Å². The van der Waals surface area contributed by atoms with E-state index in [1.807, 2.05) is 6.20 Å². The molecular weight excluding hydrogens is 324 g/mol. The predicted molar refractivity (Wildman–Crippen MR) is 102 cm³/mol. The van der Waals surface area contributed by atoms with Crippen LogP contribution in [0.5, 0.6) is 0 Å². The van der Waals surface area contributed by atoms with Gasteiger partial charge in [0.25, 0.3) is 0 Å². The Balaban J connectivity index is 1.54. The number of aromatic nitrogens is 3. The molecule has 0 saturated carbocycles. The van der Waals surface area contributed by atoms with Crippen molar-refractivity contribution in [1.82, 2.24) is 20.3 Å². The van der Waals surface area contributed by atoms with Gasteiger partial charge in [0.1, 0.15) is 0 Å². The van der Waals surface area contributed by atoms with Gasteiger partial charge in [-0.25, -0.2) is 0 Å². The maximum absolute atomic E-state index is 5.61. The maximum atomic E-state index is 5.61. The van der Waals surface area contributed by atoms with E-state index >= 15 is 0 Å². The highest BCUT2D eigenvalue weighted by molar-refractivity contribution is 5.62. The molecule has 1 atom stereocenters. The first-order valence-corrected chi connectivity index (χ1v) is 9.59. The zero-order valence-electron chi connectivity index (χ0n) is 15.5. The Morgan fingerprint density at radius 2 is 2.04 bits per heavy atom. The third kappa shape index (κ3) is 3.31. The van der Waals surface area contributed by atoms with E-state index in [2.05, 4.69) is 64.4 Å². The minimum atomic E-state index is 0.313. The number of benzene rings is 1. The SMILES string of the molecule is CCc1ccc(-c2[nH]ncc2CN2CCCC2c2cc(CC)no2)cc1. The van der Waals surface area contributed by atoms with Crippen molar-refractivity contribution in [2.24, 2.45) is 0 Å². The van der Waals surface area contributed by atoms with Crippen LogP contribution < -0.4 is 0 Å². The quantitative estimate of drug-likeness (QED) is 0.710. The third-order valence-electron chi connectivity index (χ3n) is 5.37. The number of likely N-dealkylation sites (tertiary alicyclic amines) is 1. The van der Waals surface area contributed by atoms with Gasteiger partial charge >= 0.3 is 0 Å². The minimum absolute atomic E-state index is 0.313. The average molecular weight is 350 g/mol. The number of hydrogen-bond donors (Lipinski definition) is 1. The summed E-state index contributed by atoms with van der Waals surface area (Å²) in [6.45, 7) is 6.23. The van der Waals surface area contributed by atoms with Crippen LogP contribution in [-0.4, -0.2) is 26.8 Å². The molecule has 1 saturated heterocycles. The van der Waals surface area contributed by atoms with Crippen LogP contribution in [0.1, 0.15) is 55.3 Å². The molecule has 1 N–H and O–H groups in total. The van der Waals surface area contributed by atoms with Gasteiger partial charge in [0.2, 0.25) is 0 Å². The largest absolute Gasteiger partial charge is 0.359 e. The zero-order chi connectivity index (χ0) is 17.9. The fourth-order valence-corrected chi connectivity index (χ4v) is 3.80. The number of H-pyrrole nitrogens is 1. The summed E-state index contributed by atoms with van der Waals surface area (Å²) in [5, 5.41) is 11.7. The standard InChI is InChI=1S/C21H26N4O/c1-3-15-7-9-16(10-8-15)21-17(13-22-23-21)14-25-11-5-6-19(25)20-12-18(4-2)24-26-20/h7-10,12-13,19H,3-6,11,14H2,1-2H3,(H,22,23). The Labute approximate surface area is 154 Å². The molecule has 0 bridgehead atoms. The van der Waals surface area contributed by atoms with Gasteiger partial charge in [0.15, 0.2) is 5.76 Å². The second-order valence-electron chi connectivity index (χ2n) is 7.02. The van der Waals surface area contributed by atoms with Crippen LogP contribution >= 0.6 is 0 Å². The lowest BCUT2D eigenvalue weighted by Gasteiger charge is -2.22. The summed E-state index contributed by atoms with van der Waals surface area (Å²) >= 11 is 0. The second kappa shape index (κ2) is 7.46. The predicted octanol–water partition coefficient (Wildman–Crippen LogP) is 4.53. The Bertz CT molecular complexity index is 849. The third-order valence-corrected chi connectivity index (χ3v) is 5.37. The highest BCUT2D eigenvalue weighted by Gasteiger charge is 2.30. The van der Waals surface area contributed by atoms with Crippen molar-refractivity contribution >= 4 is 0 Å². The minimum Gasteiger partial charge on any atom is -0.359 e. The smallest absolute Gasteiger partial charge is 0.154 e. The molecular formula is C21H26N4O. The Morgan fingerprint density at radius 1 is 1.19 bits per heavy atom. The van der Waals surface area contributed by atoms with Crippen molar-refractivity contribution in [3.05, 3.63) is 59.1 Å². The lowest BCUT2D eigenvalue weighted by molar-refractivity contribution is 0.206. The molecule has 0 spiro atoms. The highest BCUT2D eigenvalue weighted by Crippen LogP contribution is 2.35. The van der Waals surface area contributed by atoms with Crippen molar-refractivity contribution < 1.29 is 4.52 Å². The molecule has 1 aliphatic heterocycles. The molecule has 0 amide bonds. The van der Waals surface area contributed by atoms with Crippen LogP contribution in [-0.2, 0) is 19.4 Å². The fourth-order valence-electron chi connectivity index (χ4n) is 3.80. The van der Waals surface area contributed by atoms with Crippen LogP contribution in [0.25, 0.3) is 11.3 Å². The number of rotatable bonds is 6. The zero-order valence-corrected chi connectivity index (χ0v) is 15.5. The molecule has 5 heteroatoms. The topological polar surface area (TPSA) is 58.0 Å². The number of nitrogens with zero attached hydrogens (tertiary/aromatic N) is 3. The molecule has 0 radical (unpaired) electrons. The highest BCUT2D eigenvalue weighted by atomic mass is 16.5. The van der Waals surface area contributed by atoms with Gasteiger partial charge in [-0.1, -0.05) is 43.3 Å². The van der Waals surface area contributed by atoms with E-state index in [0.29, 0.717) is 6.04 Å². The molecule has 26 heavy (non-hydrogen) atoms. The van der Waals surface area contributed by atoms with Crippen LogP contribution in [0.4, 0.5) is 0 Å². The lowest BCUT2D eigenvalue weighted by atomic mass is 10.0. The summed E-state index contributed by atoms with van der Waals surface area (Å²) in [5.41, 5.74) is 5.93. The summed E-state index contributed by atoms with van der Waals surface area (Å²) < 4.78 is 5.61. The first kappa shape index (κ1) is 17.0. The molecule has 3 aromatic rings. The van der Waals surface area contributed by atoms with Gasteiger partial charge in [0.05, 0.1) is 23.6 Å². The first-order valence-electron chi connectivity index (χ1n) is 9.59. The Hall–Kier alpha value is -2.40. The van der Waals surface area contributed by atoms with Crippen molar-refractivity contribution in [2.45, 2.75) is 52.1 Å².